The standard InChI is InChI=1S/C18H22N2O4S2/c19-26(23,24)17-11-15(12-25-17)18(22)20-9-7-14(8-10-20)2-1-13-3-5-16(21)6-4-13/h3-6,11-12,14,21H,1-2,7-10H2,(H2,19,23,24). The predicted octanol–water partition coefficient (Wildman–Crippen LogP) is 2.59. The maximum atomic E-state index is 12.5. The number of rotatable bonds is 5. The molecule has 1 aromatic carbocycles. The lowest BCUT2D eigenvalue weighted by atomic mass is 9.90. The average Bonchev–Trinajstić information content (AvgIpc) is 3.12. The van der Waals surface area contributed by atoms with Crippen LogP contribution in [0.25, 0.3) is 0 Å². The molecule has 1 saturated heterocycles. The zero-order valence-electron chi connectivity index (χ0n) is 14.3. The van der Waals surface area contributed by atoms with Crippen LogP contribution in [0.2, 0.25) is 0 Å². The molecule has 3 N–H and O–H groups in total. The number of piperidine rings is 1. The van der Waals surface area contributed by atoms with Gasteiger partial charge in [-0.25, -0.2) is 13.6 Å². The van der Waals surface area contributed by atoms with Gasteiger partial charge in [0.05, 0.1) is 5.56 Å². The normalized spacial score (nSPS) is 16.0. The van der Waals surface area contributed by atoms with E-state index in [-0.39, 0.29) is 15.9 Å². The Morgan fingerprint density at radius 1 is 1.23 bits per heavy atom. The minimum Gasteiger partial charge on any atom is -0.508 e. The highest BCUT2D eigenvalue weighted by Gasteiger charge is 2.25. The monoisotopic (exact) mass is 394 g/mol. The number of aryl methyl sites for hydroxylation is 1. The Morgan fingerprint density at radius 2 is 1.88 bits per heavy atom. The molecule has 140 valence electrons. The molecule has 3 rings (SSSR count). The second-order valence-corrected chi connectivity index (χ2v) is 9.34. The van der Waals surface area contributed by atoms with Gasteiger partial charge in [0, 0.05) is 18.5 Å². The average molecular weight is 395 g/mol. The summed E-state index contributed by atoms with van der Waals surface area (Å²) in [5, 5.41) is 16.0. The van der Waals surface area contributed by atoms with Crippen LogP contribution in [0.1, 0.15) is 35.2 Å². The van der Waals surface area contributed by atoms with E-state index >= 15 is 0 Å². The summed E-state index contributed by atoms with van der Waals surface area (Å²) >= 11 is 0.978. The summed E-state index contributed by atoms with van der Waals surface area (Å²) in [7, 11) is -3.76. The first kappa shape index (κ1) is 18.9. The first-order chi connectivity index (χ1) is 12.3. The summed E-state index contributed by atoms with van der Waals surface area (Å²) in [6.45, 7) is 1.36. The number of hydrogen-bond donors (Lipinski definition) is 2. The molecule has 0 aliphatic carbocycles. The molecule has 1 aliphatic heterocycles. The van der Waals surface area contributed by atoms with Gasteiger partial charge in [0.25, 0.3) is 5.91 Å². The summed E-state index contributed by atoms with van der Waals surface area (Å²) in [5.74, 6) is 0.711. The van der Waals surface area contributed by atoms with Crippen LogP contribution in [0.4, 0.5) is 0 Å². The van der Waals surface area contributed by atoms with Crippen LogP contribution in [-0.2, 0) is 16.4 Å². The van der Waals surface area contributed by atoms with Gasteiger partial charge in [-0.1, -0.05) is 12.1 Å². The minimum atomic E-state index is -3.76. The Hall–Kier alpha value is -1.90. The van der Waals surface area contributed by atoms with Crippen molar-refractivity contribution in [1.82, 2.24) is 4.90 Å². The molecule has 2 heterocycles. The molecule has 0 spiro atoms. The molecule has 1 fully saturated rings. The molecule has 1 amide bonds. The molecule has 0 radical (unpaired) electrons. The fourth-order valence-electron chi connectivity index (χ4n) is 3.22. The van der Waals surface area contributed by atoms with E-state index in [9.17, 15) is 18.3 Å². The maximum absolute atomic E-state index is 12.5. The molecule has 26 heavy (non-hydrogen) atoms. The summed E-state index contributed by atoms with van der Waals surface area (Å²) in [4.78, 5) is 14.3. The van der Waals surface area contributed by atoms with E-state index in [0.29, 0.717) is 24.6 Å². The SMILES string of the molecule is NS(=O)(=O)c1cc(C(=O)N2CCC(CCc3ccc(O)cc3)CC2)cs1. The third kappa shape index (κ3) is 4.63. The maximum Gasteiger partial charge on any atom is 0.254 e. The van der Waals surface area contributed by atoms with Crippen LogP contribution in [0.15, 0.2) is 39.9 Å². The van der Waals surface area contributed by atoms with E-state index in [2.05, 4.69) is 0 Å². The predicted molar refractivity (Wildman–Crippen MR) is 101 cm³/mol. The van der Waals surface area contributed by atoms with Crippen molar-refractivity contribution in [3.05, 3.63) is 46.8 Å². The second-order valence-electron chi connectivity index (χ2n) is 6.64. The van der Waals surface area contributed by atoms with E-state index in [4.69, 9.17) is 5.14 Å². The van der Waals surface area contributed by atoms with Crippen molar-refractivity contribution in [2.45, 2.75) is 29.9 Å². The second kappa shape index (κ2) is 7.77. The molecule has 1 aliphatic rings. The highest BCUT2D eigenvalue weighted by molar-refractivity contribution is 7.91. The van der Waals surface area contributed by atoms with E-state index in [0.717, 1.165) is 37.0 Å². The van der Waals surface area contributed by atoms with Crippen LogP contribution in [0.3, 0.4) is 0 Å². The Morgan fingerprint density at radius 3 is 2.46 bits per heavy atom. The lowest BCUT2D eigenvalue weighted by molar-refractivity contribution is 0.0687. The number of benzene rings is 1. The van der Waals surface area contributed by atoms with Crippen LogP contribution in [0, 0.1) is 5.92 Å². The Kier molecular flexibility index (Phi) is 5.64. The quantitative estimate of drug-likeness (QED) is 0.814. The van der Waals surface area contributed by atoms with Crippen molar-refractivity contribution in [1.29, 1.82) is 0 Å². The zero-order valence-corrected chi connectivity index (χ0v) is 15.9. The number of phenolic OH excluding ortho intramolecular Hbond substituents is 1. The van der Waals surface area contributed by atoms with Gasteiger partial charge in [-0.3, -0.25) is 4.79 Å². The molecule has 6 nitrogen and oxygen atoms in total. The summed E-state index contributed by atoms with van der Waals surface area (Å²) in [6.07, 6.45) is 3.90. The van der Waals surface area contributed by atoms with Gasteiger partial charge in [-0.05, 0) is 55.4 Å². The first-order valence-electron chi connectivity index (χ1n) is 8.51. The van der Waals surface area contributed by atoms with Gasteiger partial charge < -0.3 is 10.0 Å². The Balaban J connectivity index is 1.50. The topological polar surface area (TPSA) is 101 Å². The molecular formula is C18H22N2O4S2. The number of likely N-dealkylation sites (tertiary alicyclic amines) is 1. The number of carbonyl (C=O) groups is 1. The smallest absolute Gasteiger partial charge is 0.254 e. The summed E-state index contributed by atoms with van der Waals surface area (Å²) in [6, 6.07) is 8.64. The fourth-order valence-corrected chi connectivity index (χ4v) is 4.80. The minimum absolute atomic E-state index is 0.0182. The molecule has 0 saturated carbocycles. The van der Waals surface area contributed by atoms with Crippen molar-refractivity contribution in [3.8, 4) is 5.75 Å². The molecular weight excluding hydrogens is 372 g/mol. The van der Waals surface area contributed by atoms with Gasteiger partial charge in [0.15, 0.2) is 0 Å². The van der Waals surface area contributed by atoms with Gasteiger partial charge in [-0.15, -0.1) is 11.3 Å². The number of nitrogens with zero attached hydrogens (tertiary/aromatic N) is 1. The van der Waals surface area contributed by atoms with Crippen LogP contribution >= 0.6 is 11.3 Å². The van der Waals surface area contributed by atoms with Crippen LogP contribution in [-0.4, -0.2) is 37.4 Å². The van der Waals surface area contributed by atoms with Crippen molar-refractivity contribution >= 4 is 27.3 Å². The number of aromatic hydroxyl groups is 1. The highest BCUT2D eigenvalue weighted by Crippen LogP contribution is 2.26. The van der Waals surface area contributed by atoms with Crippen molar-refractivity contribution < 1.29 is 18.3 Å². The number of thiophene rings is 1. The number of sulfonamides is 1. The number of carbonyl (C=O) groups excluding carboxylic acids is 1. The summed E-state index contributed by atoms with van der Waals surface area (Å²) in [5.41, 5.74) is 1.59. The molecule has 0 atom stereocenters. The van der Waals surface area contributed by atoms with Crippen LogP contribution in [0.5, 0.6) is 5.75 Å². The van der Waals surface area contributed by atoms with E-state index in [1.165, 1.54) is 11.6 Å². The fraction of sp³-hybridized carbons (Fsp3) is 0.389. The molecule has 1 aromatic heterocycles. The lowest BCUT2D eigenvalue weighted by Crippen LogP contribution is -2.38. The highest BCUT2D eigenvalue weighted by atomic mass is 32.2. The lowest BCUT2D eigenvalue weighted by Gasteiger charge is -2.32. The number of primary sulfonamides is 1. The largest absolute Gasteiger partial charge is 0.508 e. The number of hydrogen-bond acceptors (Lipinski definition) is 5. The van der Waals surface area contributed by atoms with E-state index < -0.39 is 10.0 Å². The Labute approximate surface area is 157 Å². The van der Waals surface area contributed by atoms with Gasteiger partial charge in [0.1, 0.15) is 9.96 Å². The van der Waals surface area contributed by atoms with Gasteiger partial charge >= 0.3 is 0 Å². The van der Waals surface area contributed by atoms with Crippen LogP contribution < -0.4 is 5.14 Å². The summed E-state index contributed by atoms with van der Waals surface area (Å²) < 4.78 is 22.7. The number of nitrogens with two attached hydrogens (primary N) is 1. The first-order valence-corrected chi connectivity index (χ1v) is 10.9. The van der Waals surface area contributed by atoms with Crippen molar-refractivity contribution in [2.24, 2.45) is 11.1 Å². The van der Waals surface area contributed by atoms with E-state index in [1.54, 1.807) is 22.4 Å². The third-order valence-electron chi connectivity index (χ3n) is 4.78. The van der Waals surface area contributed by atoms with Gasteiger partial charge in [0.2, 0.25) is 10.0 Å². The Bertz CT molecular complexity index is 867. The van der Waals surface area contributed by atoms with E-state index in [1.807, 2.05) is 12.1 Å². The third-order valence-corrected chi connectivity index (χ3v) is 7.17. The van der Waals surface area contributed by atoms with Gasteiger partial charge in [-0.2, -0.15) is 0 Å². The number of amides is 1. The van der Waals surface area contributed by atoms with Crippen molar-refractivity contribution in [2.75, 3.05) is 13.1 Å². The zero-order chi connectivity index (χ0) is 18.7. The van der Waals surface area contributed by atoms with Crippen molar-refractivity contribution in [3.63, 3.8) is 0 Å². The molecule has 0 unspecified atom stereocenters. The number of phenols is 1. The molecule has 8 heteroatoms. The molecule has 2 aromatic rings. The molecule has 0 bridgehead atoms.